The number of rotatable bonds is 3. The molecule has 8 heteroatoms. The second kappa shape index (κ2) is 4.30. The summed E-state index contributed by atoms with van der Waals surface area (Å²) in [7, 11) is 0. The number of carboxylic acid groups (broad SMARTS) is 1. The molecule has 2 N–H and O–H groups in total. The number of carboxylic acids is 1. The molecular formula is C8H8N4O2S2. The summed E-state index contributed by atoms with van der Waals surface area (Å²) in [5, 5.41) is 17.0. The van der Waals surface area contributed by atoms with Crippen LogP contribution in [0.3, 0.4) is 0 Å². The standard InChI is InChI=1S/C8H8N4O2S2/c1-15-6-3-4(7(13)14)11-12-5(3)9-8(10-6)16-2/h1-2H3,(H,13,14)(H,9,10,11,12). The Morgan fingerprint density at radius 2 is 2.06 bits per heavy atom. The number of nitrogens with one attached hydrogen (secondary N) is 1. The minimum atomic E-state index is -1.06. The van der Waals surface area contributed by atoms with Gasteiger partial charge in [-0.2, -0.15) is 5.10 Å². The zero-order valence-corrected chi connectivity index (χ0v) is 10.1. The van der Waals surface area contributed by atoms with Crippen LogP contribution >= 0.6 is 23.5 Å². The third-order valence-corrected chi connectivity index (χ3v) is 3.18. The molecule has 0 saturated heterocycles. The van der Waals surface area contributed by atoms with Gasteiger partial charge in [0.05, 0.1) is 5.39 Å². The lowest BCUT2D eigenvalue weighted by Crippen LogP contribution is -1.99. The van der Waals surface area contributed by atoms with E-state index in [1.54, 1.807) is 0 Å². The summed E-state index contributed by atoms with van der Waals surface area (Å²) in [5.74, 6) is -1.06. The first-order valence-corrected chi connectivity index (χ1v) is 6.69. The number of aromatic amines is 1. The van der Waals surface area contributed by atoms with Crippen LogP contribution < -0.4 is 0 Å². The first-order valence-electron chi connectivity index (χ1n) is 4.24. The van der Waals surface area contributed by atoms with Crippen molar-refractivity contribution >= 4 is 40.5 Å². The van der Waals surface area contributed by atoms with E-state index in [0.29, 0.717) is 21.2 Å². The van der Waals surface area contributed by atoms with Gasteiger partial charge in [-0.3, -0.25) is 5.10 Å². The lowest BCUT2D eigenvalue weighted by Gasteiger charge is -2.00. The number of aromatic carboxylic acids is 1. The van der Waals surface area contributed by atoms with Crippen LogP contribution in [0.1, 0.15) is 10.5 Å². The monoisotopic (exact) mass is 256 g/mol. The molecule has 0 aliphatic carbocycles. The fourth-order valence-corrected chi connectivity index (χ4v) is 2.26. The van der Waals surface area contributed by atoms with Crippen molar-refractivity contribution < 1.29 is 9.90 Å². The van der Waals surface area contributed by atoms with Gasteiger partial charge < -0.3 is 5.11 Å². The highest BCUT2D eigenvalue weighted by Gasteiger charge is 2.18. The van der Waals surface area contributed by atoms with Gasteiger partial charge in [0.15, 0.2) is 16.5 Å². The Kier molecular flexibility index (Phi) is 3.01. The van der Waals surface area contributed by atoms with Crippen molar-refractivity contribution in [2.75, 3.05) is 12.5 Å². The van der Waals surface area contributed by atoms with Crippen LogP contribution in [0.15, 0.2) is 10.2 Å². The first kappa shape index (κ1) is 11.2. The molecule has 0 aliphatic heterocycles. The Balaban J connectivity index is 2.77. The van der Waals surface area contributed by atoms with Crippen LogP contribution in [-0.4, -0.2) is 43.8 Å². The maximum Gasteiger partial charge on any atom is 0.354 e. The lowest BCUT2D eigenvalue weighted by atomic mass is 10.3. The van der Waals surface area contributed by atoms with Crippen molar-refractivity contribution in [2.45, 2.75) is 10.2 Å². The molecule has 0 saturated carbocycles. The summed E-state index contributed by atoms with van der Waals surface area (Å²) in [4.78, 5) is 19.3. The Hall–Kier alpha value is -1.28. The van der Waals surface area contributed by atoms with Crippen molar-refractivity contribution in [1.82, 2.24) is 20.2 Å². The molecule has 0 fully saturated rings. The molecule has 0 aliphatic rings. The summed E-state index contributed by atoms with van der Waals surface area (Å²) in [5.41, 5.74) is 0.424. The highest BCUT2D eigenvalue weighted by Crippen LogP contribution is 2.27. The van der Waals surface area contributed by atoms with E-state index in [0.717, 1.165) is 0 Å². The largest absolute Gasteiger partial charge is 0.477 e. The average Bonchev–Trinajstić information content (AvgIpc) is 2.71. The lowest BCUT2D eigenvalue weighted by molar-refractivity contribution is 0.0692. The van der Waals surface area contributed by atoms with Crippen LogP contribution in [0, 0.1) is 0 Å². The van der Waals surface area contributed by atoms with Crippen LogP contribution in [-0.2, 0) is 0 Å². The van der Waals surface area contributed by atoms with E-state index in [-0.39, 0.29) is 5.69 Å². The molecule has 0 spiro atoms. The highest BCUT2D eigenvalue weighted by molar-refractivity contribution is 7.99. The first-order chi connectivity index (χ1) is 7.67. The van der Waals surface area contributed by atoms with Gasteiger partial charge in [-0.15, -0.1) is 11.8 Å². The summed E-state index contributed by atoms with van der Waals surface area (Å²) < 4.78 is 0. The van der Waals surface area contributed by atoms with Crippen molar-refractivity contribution in [2.24, 2.45) is 0 Å². The molecule has 0 atom stereocenters. The smallest absolute Gasteiger partial charge is 0.354 e. The van der Waals surface area contributed by atoms with Gasteiger partial charge in [0.25, 0.3) is 0 Å². The van der Waals surface area contributed by atoms with E-state index < -0.39 is 5.97 Å². The molecule has 0 radical (unpaired) electrons. The summed E-state index contributed by atoms with van der Waals surface area (Å²) in [6.45, 7) is 0. The van der Waals surface area contributed by atoms with Gasteiger partial charge in [-0.05, 0) is 12.5 Å². The fraction of sp³-hybridized carbons (Fsp3) is 0.250. The minimum absolute atomic E-state index is 0.0343. The Bertz CT molecular complexity index is 554. The van der Waals surface area contributed by atoms with Gasteiger partial charge in [0.2, 0.25) is 0 Å². The third-order valence-electron chi connectivity index (χ3n) is 1.95. The number of carbonyl (C=O) groups is 1. The van der Waals surface area contributed by atoms with Crippen molar-refractivity contribution in [1.29, 1.82) is 0 Å². The average molecular weight is 256 g/mol. The second-order valence-corrected chi connectivity index (χ2v) is 4.39. The fourth-order valence-electron chi connectivity index (χ4n) is 1.27. The van der Waals surface area contributed by atoms with Crippen LogP contribution in [0.25, 0.3) is 11.0 Å². The van der Waals surface area contributed by atoms with E-state index in [4.69, 9.17) is 5.11 Å². The minimum Gasteiger partial charge on any atom is -0.477 e. The SMILES string of the molecule is CSc1nc(SC)c2c(C(=O)O)[nH]nc2n1. The van der Waals surface area contributed by atoms with E-state index in [1.807, 2.05) is 12.5 Å². The van der Waals surface area contributed by atoms with Gasteiger partial charge in [0, 0.05) is 0 Å². The predicted octanol–water partition coefficient (Wildman–Crippen LogP) is 1.49. The predicted molar refractivity (Wildman–Crippen MR) is 62.2 cm³/mol. The molecule has 2 aromatic heterocycles. The maximum absolute atomic E-state index is 11.0. The number of hydrogen-bond donors (Lipinski definition) is 2. The molecule has 0 aromatic carbocycles. The highest BCUT2D eigenvalue weighted by atomic mass is 32.2. The number of H-pyrrole nitrogens is 1. The molecular weight excluding hydrogens is 248 g/mol. The number of aromatic nitrogens is 4. The Morgan fingerprint density at radius 1 is 1.31 bits per heavy atom. The van der Waals surface area contributed by atoms with Gasteiger partial charge in [-0.25, -0.2) is 14.8 Å². The van der Waals surface area contributed by atoms with E-state index >= 15 is 0 Å². The van der Waals surface area contributed by atoms with Crippen molar-refractivity contribution in [3.63, 3.8) is 0 Å². The van der Waals surface area contributed by atoms with Gasteiger partial charge in [-0.1, -0.05) is 11.8 Å². The zero-order valence-electron chi connectivity index (χ0n) is 8.51. The van der Waals surface area contributed by atoms with E-state index in [2.05, 4.69) is 20.2 Å². The zero-order chi connectivity index (χ0) is 11.7. The number of thioether (sulfide) groups is 2. The molecule has 84 valence electrons. The molecule has 16 heavy (non-hydrogen) atoms. The second-order valence-electron chi connectivity index (χ2n) is 2.82. The van der Waals surface area contributed by atoms with Crippen LogP contribution in [0.5, 0.6) is 0 Å². The molecule has 6 nitrogen and oxygen atoms in total. The number of fused-ring (bicyclic) bond motifs is 1. The van der Waals surface area contributed by atoms with Crippen molar-refractivity contribution in [3.8, 4) is 0 Å². The summed E-state index contributed by atoms with van der Waals surface area (Å²) in [6, 6.07) is 0. The Labute approximate surface area is 99.2 Å². The molecule has 0 amide bonds. The molecule has 2 aromatic rings. The number of hydrogen-bond acceptors (Lipinski definition) is 6. The van der Waals surface area contributed by atoms with Crippen molar-refractivity contribution in [3.05, 3.63) is 5.69 Å². The normalized spacial score (nSPS) is 10.9. The molecule has 0 unspecified atom stereocenters. The Morgan fingerprint density at radius 3 is 2.62 bits per heavy atom. The molecule has 2 rings (SSSR count). The van der Waals surface area contributed by atoms with Gasteiger partial charge >= 0.3 is 5.97 Å². The maximum atomic E-state index is 11.0. The summed E-state index contributed by atoms with van der Waals surface area (Å²) >= 11 is 2.77. The van der Waals surface area contributed by atoms with E-state index in [1.165, 1.54) is 23.5 Å². The molecule has 2 heterocycles. The van der Waals surface area contributed by atoms with E-state index in [9.17, 15) is 4.79 Å². The summed E-state index contributed by atoms with van der Waals surface area (Å²) in [6.07, 6.45) is 3.69. The quantitative estimate of drug-likeness (QED) is 0.488. The van der Waals surface area contributed by atoms with Crippen LogP contribution in [0.2, 0.25) is 0 Å². The number of nitrogens with zero attached hydrogens (tertiary/aromatic N) is 3. The molecule has 0 bridgehead atoms. The van der Waals surface area contributed by atoms with Gasteiger partial charge in [0.1, 0.15) is 5.03 Å². The topological polar surface area (TPSA) is 91.8 Å². The van der Waals surface area contributed by atoms with Crippen LogP contribution in [0.4, 0.5) is 0 Å². The third kappa shape index (κ3) is 1.74.